The van der Waals surface area contributed by atoms with Crippen molar-refractivity contribution in [2.24, 2.45) is 0 Å². The van der Waals surface area contributed by atoms with E-state index in [0.29, 0.717) is 18.0 Å². The molecule has 8 heteroatoms. The number of imide groups is 1. The average molecular weight is 434 g/mol. The molecule has 0 radical (unpaired) electrons. The highest BCUT2D eigenvalue weighted by atomic mass is 35.6. The summed E-state index contributed by atoms with van der Waals surface area (Å²) in [6, 6.07) is 7.71. The first kappa shape index (κ1) is 20.0. The SMILES string of the molecule is Cc1ccc(/C=C2/SC(=O)N([C@@H](N3CCCCC3)C(Cl)(Cl)Cl)C2=O)cc1. The number of likely N-dealkylation sites (tertiary alicyclic amines) is 1. The minimum atomic E-state index is -1.78. The second kappa shape index (κ2) is 8.11. The summed E-state index contributed by atoms with van der Waals surface area (Å²) in [6.07, 6.45) is 3.80. The molecule has 0 unspecified atom stereocenters. The Morgan fingerprint density at radius 2 is 1.69 bits per heavy atom. The van der Waals surface area contributed by atoms with Gasteiger partial charge < -0.3 is 0 Å². The van der Waals surface area contributed by atoms with Crippen molar-refractivity contribution in [2.75, 3.05) is 13.1 Å². The molecule has 2 saturated heterocycles. The molecule has 3 rings (SSSR count). The summed E-state index contributed by atoms with van der Waals surface area (Å²) in [4.78, 5) is 28.9. The lowest BCUT2D eigenvalue weighted by molar-refractivity contribution is -0.127. The number of benzene rings is 1. The molecule has 2 aliphatic heterocycles. The minimum absolute atomic E-state index is 0.343. The second-order valence-corrected chi connectivity index (χ2v) is 9.84. The lowest BCUT2D eigenvalue weighted by Crippen LogP contribution is -2.58. The molecule has 0 saturated carbocycles. The molecular weight excluding hydrogens is 415 g/mol. The van der Waals surface area contributed by atoms with Crippen molar-refractivity contribution < 1.29 is 9.59 Å². The summed E-state index contributed by atoms with van der Waals surface area (Å²) in [6.45, 7) is 3.37. The Balaban J connectivity index is 1.89. The minimum Gasteiger partial charge on any atom is -0.279 e. The van der Waals surface area contributed by atoms with E-state index in [1.807, 2.05) is 36.1 Å². The Morgan fingerprint density at radius 3 is 2.27 bits per heavy atom. The van der Waals surface area contributed by atoms with Crippen LogP contribution in [0.2, 0.25) is 0 Å². The first-order chi connectivity index (χ1) is 12.3. The maximum Gasteiger partial charge on any atom is 0.295 e. The van der Waals surface area contributed by atoms with Crippen LogP contribution in [0.4, 0.5) is 4.79 Å². The monoisotopic (exact) mass is 432 g/mol. The van der Waals surface area contributed by atoms with E-state index in [2.05, 4.69) is 0 Å². The van der Waals surface area contributed by atoms with Crippen LogP contribution in [-0.4, -0.2) is 44.0 Å². The van der Waals surface area contributed by atoms with Crippen molar-refractivity contribution in [3.05, 3.63) is 40.3 Å². The van der Waals surface area contributed by atoms with Crippen molar-refractivity contribution >= 4 is 63.8 Å². The summed E-state index contributed by atoms with van der Waals surface area (Å²) in [5.74, 6) is -0.414. The van der Waals surface area contributed by atoms with Crippen LogP contribution < -0.4 is 0 Å². The Kier molecular flexibility index (Phi) is 6.25. The second-order valence-electron chi connectivity index (χ2n) is 6.47. The van der Waals surface area contributed by atoms with Crippen molar-refractivity contribution in [1.29, 1.82) is 0 Å². The normalized spacial score (nSPS) is 22.3. The van der Waals surface area contributed by atoms with Crippen molar-refractivity contribution in [3.63, 3.8) is 0 Å². The predicted octanol–water partition coefficient (Wildman–Crippen LogP) is 5.21. The third kappa shape index (κ3) is 4.39. The number of aryl methyl sites for hydroxylation is 1. The van der Waals surface area contributed by atoms with E-state index >= 15 is 0 Å². The average Bonchev–Trinajstić information content (AvgIpc) is 2.85. The number of carbonyl (C=O) groups is 2. The fraction of sp³-hybridized carbons (Fsp3) is 0.444. The van der Waals surface area contributed by atoms with Gasteiger partial charge in [0.05, 0.1) is 4.91 Å². The van der Waals surface area contributed by atoms with E-state index in [1.54, 1.807) is 6.08 Å². The smallest absolute Gasteiger partial charge is 0.279 e. The summed E-state index contributed by atoms with van der Waals surface area (Å²) in [7, 11) is 0. The number of piperidine rings is 1. The lowest BCUT2D eigenvalue weighted by Gasteiger charge is -2.41. The van der Waals surface area contributed by atoms with Crippen LogP contribution in [0.3, 0.4) is 0 Å². The van der Waals surface area contributed by atoms with Crippen LogP contribution >= 0.6 is 46.6 Å². The fourth-order valence-electron chi connectivity index (χ4n) is 3.18. The number of hydrogen-bond donors (Lipinski definition) is 0. The molecule has 140 valence electrons. The third-order valence-corrected chi connectivity index (χ3v) is 5.94. The van der Waals surface area contributed by atoms with Gasteiger partial charge in [0.1, 0.15) is 6.17 Å². The van der Waals surface area contributed by atoms with E-state index in [1.165, 1.54) is 0 Å². The lowest BCUT2D eigenvalue weighted by atomic mass is 10.1. The standard InChI is InChI=1S/C18H19Cl3N2O2S/c1-12-5-7-13(8-6-12)11-14-15(24)23(17(25)26-14)16(18(19,20)21)22-9-3-2-4-10-22/h5-8,11,16H,2-4,9-10H2,1H3/b14-11+/t16-/m1/s1. The molecule has 2 amide bonds. The number of hydrogen-bond acceptors (Lipinski definition) is 4. The molecule has 0 aliphatic carbocycles. The van der Waals surface area contributed by atoms with Crippen LogP contribution in [-0.2, 0) is 4.79 Å². The highest BCUT2D eigenvalue weighted by Crippen LogP contribution is 2.42. The molecule has 0 N–H and O–H groups in total. The Morgan fingerprint density at radius 1 is 1.08 bits per heavy atom. The van der Waals surface area contributed by atoms with Crippen LogP contribution in [0.5, 0.6) is 0 Å². The van der Waals surface area contributed by atoms with Gasteiger partial charge in [-0.2, -0.15) is 0 Å². The van der Waals surface area contributed by atoms with Gasteiger partial charge in [-0.1, -0.05) is 71.1 Å². The zero-order valence-electron chi connectivity index (χ0n) is 14.3. The number of rotatable bonds is 3. The van der Waals surface area contributed by atoms with Gasteiger partial charge >= 0.3 is 0 Å². The molecule has 1 aromatic carbocycles. The fourth-order valence-corrected chi connectivity index (χ4v) is 4.74. The van der Waals surface area contributed by atoms with E-state index in [-0.39, 0.29) is 0 Å². The number of alkyl halides is 3. The zero-order chi connectivity index (χ0) is 18.9. The Bertz CT molecular complexity index is 725. The molecular formula is C18H19Cl3N2O2S. The molecule has 1 atom stereocenters. The number of carbonyl (C=O) groups excluding carboxylic acids is 2. The molecule has 0 bridgehead atoms. The van der Waals surface area contributed by atoms with Gasteiger partial charge in [-0.25, -0.2) is 4.90 Å². The van der Waals surface area contributed by atoms with Gasteiger partial charge in [0, 0.05) is 13.1 Å². The maximum absolute atomic E-state index is 12.9. The van der Waals surface area contributed by atoms with Crippen LogP contribution in [0.1, 0.15) is 30.4 Å². The molecule has 0 spiro atoms. The largest absolute Gasteiger partial charge is 0.295 e. The predicted molar refractivity (Wildman–Crippen MR) is 108 cm³/mol. The van der Waals surface area contributed by atoms with Crippen LogP contribution in [0.15, 0.2) is 29.2 Å². The van der Waals surface area contributed by atoms with Crippen molar-refractivity contribution in [3.8, 4) is 0 Å². The van der Waals surface area contributed by atoms with Gasteiger partial charge in [0.25, 0.3) is 11.1 Å². The van der Waals surface area contributed by atoms with Gasteiger partial charge in [-0.05, 0) is 43.2 Å². The van der Waals surface area contributed by atoms with E-state index < -0.39 is 21.1 Å². The molecule has 26 heavy (non-hydrogen) atoms. The van der Waals surface area contributed by atoms with Crippen LogP contribution in [0.25, 0.3) is 6.08 Å². The summed E-state index contributed by atoms with van der Waals surface area (Å²) in [5, 5.41) is -0.407. The Labute approximate surface area is 172 Å². The van der Waals surface area contributed by atoms with Crippen LogP contribution in [0, 0.1) is 6.92 Å². The van der Waals surface area contributed by atoms with E-state index in [0.717, 1.165) is 47.1 Å². The molecule has 0 aromatic heterocycles. The van der Waals surface area contributed by atoms with E-state index in [9.17, 15) is 9.59 Å². The number of thioether (sulfide) groups is 1. The zero-order valence-corrected chi connectivity index (χ0v) is 17.3. The van der Waals surface area contributed by atoms with Gasteiger partial charge in [0.15, 0.2) is 0 Å². The maximum atomic E-state index is 12.9. The number of amides is 2. The first-order valence-corrected chi connectivity index (χ1v) is 10.4. The first-order valence-electron chi connectivity index (χ1n) is 8.42. The van der Waals surface area contributed by atoms with Gasteiger partial charge in [0.2, 0.25) is 3.79 Å². The van der Waals surface area contributed by atoms with Crippen molar-refractivity contribution in [2.45, 2.75) is 36.1 Å². The third-order valence-electron chi connectivity index (χ3n) is 4.47. The van der Waals surface area contributed by atoms with Crippen molar-refractivity contribution in [1.82, 2.24) is 9.80 Å². The molecule has 2 fully saturated rings. The summed E-state index contributed by atoms with van der Waals surface area (Å²) < 4.78 is -1.78. The quantitative estimate of drug-likeness (QED) is 0.484. The topological polar surface area (TPSA) is 40.6 Å². The summed E-state index contributed by atoms with van der Waals surface area (Å²) >= 11 is 19.4. The van der Waals surface area contributed by atoms with E-state index in [4.69, 9.17) is 34.8 Å². The highest BCUT2D eigenvalue weighted by Gasteiger charge is 2.50. The Hall–Kier alpha value is -0.720. The molecule has 2 heterocycles. The highest BCUT2D eigenvalue weighted by molar-refractivity contribution is 8.18. The molecule has 2 aliphatic rings. The number of nitrogens with zero attached hydrogens (tertiary/aromatic N) is 2. The molecule has 1 aromatic rings. The summed E-state index contributed by atoms with van der Waals surface area (Å²) in [5.41, 5.74) is 1.97. The van der Waals surface area contributed by atoms with Gasteiger partial charge in [-0.15, -0.1) is 0 Å². The molecule has 4 nitrogen and oxygen atoms in total. The van der Waals surface area contributed by atoms with Gasteiger partial charge in [-0.3, -0.25) is 14.5 Å². The number of halogens is 3.